The van der Waals surface area contributed by atoms with Crippen molar-refractivity contribution in [3.63, 3.8) is 0 Å². The van der Waals surface area contributed by atoms with Gasteiger partial charge in [-0.1, -0.05) is 6.92 Å². The fraction of sp³-hybridized carbons (Fsp3) is 0.400. The lowest BCUT2D eigenvalue weighted by molar-refractivity contribution is -0.116. The first-order valence-electron chi connectivity index (χ1n) is 4.80. The van der Waals surface area contributed by atoms with Gasteiger partial charge in [0.25, 0.3) is 0 Å². The summed E-state index contributed by atoms with van der Waals surface area (Å²) in [6.45, 7) is 3.98. The monoisotopic (exact) mass is 241 g/mol. The van der Waals surface area contributed by atoms with Gasteiger partial charge in [0.05, 0.1) is 10.6 Å². The van der Waals surface area contributed by atoms with Crippen LogP contribution in [0.1, 0.15) is 24.4 Å². The molecule has 0 saturated carbocycles. The molecule has 1 aliphatic rings. The Hall–Kier alpha value is -1.43. The minimum absolute atomic E-state index is 0.0854. The molecule has 1 amide bonds. The molecule has 0 aliphatic carbocycles. The Morgan fingerprint density at radius 3 is 2.88 bits per heavy atom. The van der Waals surface area contributed by atoms with E-state index < -0.39 is 5.97 Å². The lowest BCUT2D eigenvalue weighted by atomic mass is 10.3. The van der Waals surface area contributed by atoms with Crippen LogP contribution in [0.2, 0.25) is 0 Å². The van der Waals surface area contributed by atoms with Gasteiger partial charge in [-0.05, 0) is 0 Å². The molecule has 1 aromatic rings. The maximum absolute atomic E-state index is 11.4. The van der Waals surface area contributed by atoms with Gasteiger partial charge in [-0.3, -0.25) is 4.79 Å². The summed E-state index contributed by atoms with van der Waals surface area (Å²) in [5.41, 5.74) is 0.563. The van der Waals surface area contributed by atoms with Crippen LogP contribution in [-0.2, 0) is 4.79 Å². The van der Waals surface area contributed by atoms with Crippen molar-refractivity contribution in [2.75, 3.05) is 11.4 Å². The number of anilines is 1. The molecule has 6 heteroatoms. The molecular formula is C10H11NO4S. The molecule has 0 bridgehead atoms. The maximum Gasteiger partial charge on any atom is 0.373 e. The number of carbonyl (C=O) groups excluding carboxylic acids is 1. The predicted molar refractivity (Wildman–Crippen MR) is 59.0 cm³/mol. The van der Waals surface area contributed by atoms with Crippen LogP contribution in [0.25, 0.3) is 0 Å². The van der Waals surface area contributed by atoms with Crippen LogP contribution in [0, 0.1) is 0 Å². The van der Waals surface area contributed by atoms with Crippen molar-refractivity contribution >= 4 is 29.3 Å². The lowest BCUT2D eigenvalue weighted by Crippen LogP contribution is -2.36. The summed E-state index contributed by atoms with van der Waals surface area (Å²) in [7, 11) is 0. The summed E-state index contributed by atoms with van der Waals surface area (Å²) in [6.07, 6.45) is 1.33. The number of rotatable bonds is 1. The molecule has 0 saturated heterocycles. The van der Waals surface area contributed by atoms with Crippen molar-refractivity contribution in [3.05, 3.63) is 12.0 Å². The Kier molecular flexibility index (Phi) is 2.67. The Morgan fingerprint density at radius 2 is 2.31 bits per heavy atom. The van der Waals surface area contributed by atoms with Crippen molar-refractivity contribution in [1.82, 2.24) is 0 Å². The fourth-order valence-electron chi connectivity index (χ4n) is 1.68. The molecule has 1 N–H and O–H groups in total. The summed E-state index contributed by atoms with van der Waals surface area (Å²) in [4.78, 5) is 24.4. The van der Waals surface area contributed by atoms with E-state index >= 15 is 0 Å². The second-order valence-electron chi connectivity index (χ2n) is 3.64. The third kappa shape index (κ3) is 1.69. The number of carboxylic acids is 1. The van der Waals surface area contributed by atoms with Crippen LogP contribution in [-0.4, -0.2) is 28.8 Å². The van der Waals surface area contributed by atoms with Gasteiger partial charge in [0.2, 0.25) is 11.7 Å². The molecule has 2 heterocycles. The van der Waals surface area contributed by atoms with E-state index in [2.05, 4.69) is 0 Å². The van der Waals surface area contributed by atoms with Gasteiger partial charge in [0.1, 0.15) is 6.26 Å². The molecule has 2 rings (SSSR count). The van der Waals surface area contributed by atoms with E-state index in [0.717, 1.165) is 0 Å². The highest BCUT2D eigenvalue weighted by Crippen LogP contribution is 2.42. The molecular weight excluding hydrogens is 230 g/mol. The quantitative estimate of drug-likeness (QED) is 0.812. The van der Waals surface area contributed by atoms with Crippen molar-refractivity contribution in [2.45, 2.75) is 24.0 Å². The number of hydrogen-bond donors (Lipinski definition) is 1. The zero-order valence-corrected chi connectivity index (χ0v) is 9.71. The van der Waals surface area contributed by atoms with Crippen LogP contribution in [0.4, 0.5) is 5.69 Å². The Labute approximate surface area is 96.4 Å². The van der Waals surface area contributed by atoms with E-state index in [1.807, 2.05) is 6.92 Å². The topological polar surface area (TPSA) is 70.8 Å². The van der Waals surface area contributed by atoms with E-state index in [1.54, 1.807) is 4.90 Å². The fourth-order valence-corrected chi connectivity index (χ4v) is 2.83. The Bertz CT molecular complexity index is 454. The van der Waals surface area contributed by atoms with Crippen molar-refractivity contribution in [2.24, 2.45) is 0 Å². The first-order valence-corrected chi connectivity index (χ1v) is 5.68. The smallest absolute Gasteiger partial charge is 0.373 e. The van der Waals surface area contributed by atoms with Crippen molar-refractivity contribution < 1.29 is 19.1 Å². The average molecular weight is 241 g/mol. The van der Waals surface area contributed by atoms with Gasteiger partial charge in [-0.15, -0.1) is 11.8 Å². The van der Waals surface area contributed by atoms with Gasteiger partial charge in [-0.2, -0.15) is 0 Å². The lowest BCUT2D eigenvalue weighted by Gasteiger charge is -2.29. The largest absolute Gasteiger partial charge is 0.475 e. The molecule has 1 unspecified atom stereocenters. The predicted octanol–water partition coefficient (Wildman–Crippen LogP) is 1.82. The first-order chi connectivity index (χ1) is 7.50. The first kappa shape index (κ1) is 11.1. The SMILES string of the molecule is CC(=O)N1CC(C)Sc2c1coc2C(=O)O. The minimum atomic E-state index is -1.11. The summed E-state index contributed by atoms with van der Waals surface area (Å²) >= 11 is 1.43. The number of aromatic carboxylic acids is 1. The van der Waals surface area contributed by atoms with Crippen LogP contribution in [0.15, 0.2) is 15.6 Å². The molecule has 1 atom stereocenters. The molecule has 1 aromatic heterocycles. The number of nitrogens with zero attached hydrogens (tertiary/aromatic N) is 1. The molecule has 0 radical (unpaired) electrons. The van der Waals surface area contributed by atoms with E-state index in [4.69, 9.17) is 9.52 Å². The highest BCUT2D eigenvalue weighted by atomic mass is 32.2. The van der Waals surface area contributed by atoms with E-state index in [-0.39, 0.29) is 16.9 Å². The number of hydrogen-bond acceptors (Lipinski definition) is 4. The number of fused-ring (bicyclic) bond motifs is 1. The minimum Gasteiger partial charge on any atom is -0.475 e. The number of furan rings is 1. The summed E-state index contributed by atoms with van der Waals surface area (Å²) in [5.74, 6) is -1.30. The number of amides is 1. The molecule has 0 aromatic carbocycles. The number of carbonyl (C=O) groups is 2. The second-order valence-corrected chi connectivity index (χ2v) is 5.09. The third-order valence-corrected chi connectivity index (χ3v) is 3.53. The summed E-state index contributed by atoms with van der Waals surface area (Å²) < 4.78 is 4.99. The van der Waals surface area contributed by atoms with E-state index in [0.29, 0.717) is 17.1 Å². The molecule has 16 heavy (non-hydrogen) atoms. The number of carboxylic acid groups (broad SMARTS) is 1. The molecule has 0 spiro atoms. The van der Waals surface area contributed by atoms with Gasteiger partial charge in [0.15, 0.2) is 0 Å². The van der Waals surface area contributed by atoms with E-state index in [9.17, 15) is 9.59 Å². The number of thioether (sulfide) groups is 1. The zero-order valence-electron chi connectivity index (χ0n) is 8.89. The van der Waals surface area contributed by atoms with Crippen LogP contribution in [0.3, 0.4) is 0 Å². The summed E-state index contributed by atoms with van der Waals surface area (Å²) in [5, 5.41) is 9.09. The van der Waals surface area contributed by atoms with Crippen LogP contribution >= 0.6 is 11.8 Å². The summed E-state index contributed by atoms with van der Waals surface area (Å²) in [6, 6.07) is 0. The average Bonchev–Trinajstić information content (AvgIpc) is 2.59. The molecule has 86 valence electrons. The Morgan fingerprint density at radius 1 is 1.62 bits per heavy atom. The zero-order chi connectivity index (χ0) is 11.9. The van der Waals surface area contributed by atoms with Gasteiger partial charge < -0.3 is 14.4 Å². The van der Waals surface area contributed by atoms with Crippen LogP contribution in [0.5, 0.6) is 0 Å². The highest BCUT2D eigenvalue weighted by molar-refractivity contribution is 8.00. The third-order valence-electron chi connectivity index (χ3n) is 2.35. The van der Waals surface area contributed by atoms with Crippen molar-refractivity contribution in [3.8, 4) is 0 Å². The van der Waals surface area contributed by atoms with Gasteiger partial charge in [0, 0.05) is 18.7 Å². The Balaban J connectivity index is 2.49. The second kappa shape index (κ2) is 3.86. The van der Waals surface area contributed by atoms with Gasteiger partial charge >= 0.3 is 5.97 Å². The van der Waals surface area contributed by atoms with Crippen molar-refractivity contribution in [1.29, 1.82) is 0 Å². The standard InChI is InChI=1S/C10H11NO4S/c1-5-3-11(6(2)12)7-4-15-8(10(13)14)9(7)16-5/h4-5H,3H2,1-2H3,(H,13,14). The van der Waals surface area contributed by atoms with Gasteiger partial charge in [-0.25, -0.2) is 4.79 Å². The van der Waals surface area contributed by atoms with Crippen LogP contribution < -0.4 is 4.90 Å². The molecule has 0 fully saturated rings. The highest BCUT2D eigenvalue weighted by Gasteiger charge is 2.31. The maximum atomic E-state index is 11.4. The molecule has 5 nitrogen and oxygen atoms in total. The molecule has 1 aliphatic heterocycles. The normalized spacial score (nSPS) is 19.4. The van der Waals surface area contributed by atoms with E-state index in [1.165, 1.54) is 24.9 Å².